The lowest BCUT2D eigenvalue weighted by Crippen LogP contribution is -2.32. The van der Waals surface area contributed by atoms with Gasteiger partial charge in [0.15, 0.2) is 0 Å². The minimum absolute atomic E-state index is 0.700. The molecule has 0 radical (unpaired) electrons. The fourth-order valence-electron chi connectivity index (χ4n) is 1.64. The van der Waals surface area contributed by atoms with Gasteiger partial charge in [0, 0.05) is 6.04 Å². The van der Waals surface area contributed by atoms with Crippen molar-refractivity contribution in [1.82, 2.24) is 5.32 Å². The summed E-state index contributed by atoms with van der Waals surface area (Å²) < 4.78 is 4.98. The molecule has 0 spiro atoms. The lowest BCUT2D eigenvalue weighted by Gasteiger charge is -2.22. The van der Waals surface area contributed by atoms with Gasteiger partial charge in [-0.25, -0.2) is 0 Å². The van der Waals surface area contributed by atoms with E-state index in [0.29, 0.717) is 6.04 Å². The topological polar surface area (TPSA) is 21.3 Å². The van der Waals surface area contributed by atoms with Gasteiger partial charge in [0.05, 0.1) is 13.7 Å². The minimum atomic E-state index is 0.700. The Bertz CT molecular complexity index is 139. The molecule has 0 aromatic heterocycles. The lowest BCUT2D eigenvalue weighted by atomic mass is 9.95. The number of methoxy groups -OCH3 is 1. The van der Waals surface area contributed by atoms with Gasteiger partial charge in [0.1, 0.15) is 5.76 Å². The molecule has 0 saturated heterocycles. The summed E-state index contributed by atoms with van der Waals surface area (Å²) in [5, 5.41) is 3.45. The van der Waals surface area contributed by atoms with Crippen LogP contribution < -0.4 is 5.32 Å². The zero-order valence-corrected chi connectivity index (χ0v) is 7.94. The Kier molecular flexibility index (Phi) is 4.15. The molecule has 1 fully saturated rings. The first-order chi connectivity index (χ1) is 5.83. The first-order valence-electron chi connectivity index (χ1n) is 4.78. The highest BCUT2D eigenvalue weighted by atomic mass is 16.5. The van der Waals surface area contributed by atoms with Crippen LogP contribution in [-0.4, -0.2) is 19.7 Å². The van der Waals surface area contributed by atoms with Crippen molar-refractivity contribution in [3.63, 3.8) is 0 Å². The average Bonchev–Trinajstić information content (AvgIpc) is 2.16. The van der Waals surface area contributed by atoms with E-state index < -0.39 is 0 Å². The molecule has 2 heteroatoms. The van der Waals surface area contributed by atoms with Gasteiger partial charge in [0.2, 0.25) is 0 Å². The van der Waals surface area contributed by atoms with Crippen LogP contribution in [0.5, 0.6) is 0 Å². The number of ether oxygens (including phenoxy) is 1. The molecule has 0 aliphatic heterocycles. The zero-order valence-electron chi connectivity index (χ0n) is 7.94. The van der Waals surface area contributed by atoms with Crippen molar-refractivity contribution >= 4 is 0 Å². The molecule has 0 aromatic carbocycles. The molecule has 1 aliphatic rings. The zero-order chi connectivity index (χ0) is 8.81. The summed E-state index contributed by atoms with van der Waals surface area (Å²) >= 11 is 0. The number of hydrogen-bond acceptors (Lipinski definition) is 2. The smallest absolute Gasteiger partial charge is 0.102 e. The van der Waals surface area contributed by atoms with Crippen LogP contribution in [0.15, 0.2) is 12.3 Å². The summed E-state index contributed by atoms with van der Waals surface area (Å²) in [6.45, 7) is 4.58. The van der Waals surface area contributed by atoms with Crippen molar-refractivity contribution in [3.05, 3.63) is 12.3 Å². The Morgan fingerprint density at radius 2 is 2.08 bits per heavy atom. The normalized spacial score (nSPS) is 19.1. The summed E-state index contributed by atoms with van der Waals surface area (Å²) in [7, 11) is 1.67. The van der Waals surface area contributed by atoms with Crippen LogP contribution in [0.2, 0.25) is 0 Å². The van der Waals surface area contributed by atoms with Crippen molar-refractivity contribution in [2.24, 2.45) is 0 Å². The highest BCUT2D eigenvalue weighted by Crippen LogP contribution is 2.17. The van der Waals surface area contributed by atoms with Crippen LogP contribution in [0.3, 0.4) is 0 Å². The van der Waals surface area contributed by atoms with E-state index in [1.54, 1.807) is 7.11 Å². The summed E-state index contributed by atoms with van der Waals surface area (Å²) in [4.78, 5) is 0. The third-order valence-electron chi connectivity index (χ3n) is 2.48. The minimum Gasteiger partial charge on any atom is -0.500 e. The van der Waals surface area contributed by atoms with E-state index in [0.717, 1.165) is 12.3 Å². The van der Waals surface area contributed by atoms with Crippen molar-refractivity contribution in [2.75, 3.05) is 13.7 Å². The Morgan fingerprint density at radius 3 is 2.67 bits per heavy atom. The van der Waals surface area contributed by atoms with Crippen molar-refractivity contribution in [2.45, 2.75) is 38.1 Å². The number of nitrogens with one attached hydrogen (secondary N) is 1. The van der Waals surface area contributed by atoms with E-state index in [9.17, 15) is 0 Å². The van der Waals surface area contributed by atoms with Gasteiger partial charge in [-0.05, 0) is 12.8 Å². The average molecular weight is 169 g/mol. The van der Waals surface area contributed by atoms with E-state index in [1.165, 1.54) is 32.1 Å². The molecule has 12 heavy (non-hydrogen) atoms. The van der Waals surface area contributed by atoms with Crippen LogP contribution in [0.25, 0.3) is 0 Å². The van der Waals surface area contributed by atoms with Crippen LogP contribution in [0.1, 0.15) is 32.1 Å². The number of rotatable bonds is 4. The van der Waals surface area contributed by atoms with E-state index >= 15 is 0 Å². The Balaban J connectivity index is 2.09. The number of hydrogen-bond donors (Lipinski definition) is 1. The van der Waals surface area contributed by atoms with Crippen LogP contribution in [0.4, 0.5) is 0 Å². The molecule has 70 valence electrons. The maximum atomic E-state index is 4.98. The third-order valence-corrected chi connectivity index (χ3v) is 2.48. The summed E-state index contributed by atoms with van der Waals surface area (Å²) in [5.41, 5.74) is 0. The molecule has 0 bridgehead atoms. The molecule has 1 aliphatic carbocycles. The van der Waals surface area contributed by atoms with Gasteiger partial charge in [-0.3, -0.25) is 0 Å². The Hall–Kier alpha value is -0.500. The SMILES string of the molecule is C=C(CNC1CCCCC1)OC. The van der Waals surface area contributed by atoms with Gasteiger partial charge in [-0.2, -0.15) is 0 Å². The van der Waals surface area contributed by atoms with Gasteiger partial charge < -0.3 is 10.1 Å². The Morgan fingerprint density at radius 1 is 1.42 bits per heavy atom. The first kappa shape index (κ1) is 9.59. The quantitative estimate of drug-likeness (QED) is 0.650. The molecule has 2 nitrogen and oxygen atoms in total. The predicted octanol–water partition coefficient (Wildman–Crippen LogP) is 2.07. The lowest BCUT2D eigenvalue weighted by molar-refractivity contribution is 0.270. The summed E-state index contributed by atoms with van der Waals surface area (Å²) in [6, 6.07) is 0.700. The molecule has 1 rings (SSSR count). The molecule has 0 amide bonds. The Labute approximate surface area is 75.0 Å². The van der Waals surface area contributed by atoms with Crippen molar-refractivity contribution in [1.29, 1.82) is 0 Å². The van der Waals surface area contributed by atoms with Crippen molar-refractivity contribution in [3.8, 4) is 0 Å². The van der Waals surface area contributed by atoms with Gasteiger partial charge in [-0.1, -0.05) is 25.8 Å². The second kappa shape index (κ2) is 5.20. The summed E-state index contributed by atoms with van der Waals surface area (Å²) in [6.07, 6.45) is 6.78. The van der Waals surface area contributed by atoms with E-state index in [2.05, 4.69) is 11.9 Å². The molecule has 1 saturated carbocycles. The van der Waals surface area contributed by atoms with E-state index in [-0.39, 0.29) is 0 Å². The molecule has 0 atom stereocenters. The standard InChI is InChI=1S/C10H19NO/c1-9(12-2)8-11-10-6-4-3-5-7-10/h10-11H,1,3-8H2,2H3. The molecular weight excluding hydrogens is 150 g/mol. The van der Waals surface area contributed by atoms with Crippen LogP contribution >= 0.6 is 0 Å². The van der Waals surface area contributed by atoms with E-state index in [1.807, 2.05) is 0 Å². The van der Waals surface area contributed by atoms with Gasteiger partial charge in [0.25, 0.3) is 0 Å². The van der Waals surface area contributed by atoms with Gasteiger partial charge >= 0.3 is 0 Å². The third kappa shape index (κ3) is 3.26. The maximum Gasteiger partial charge on any atom is 0.102 e. The maximum absolute atomic E-state index is 4.98. The summed E-state index contributed by atoms with van der Waals surface area (Å²) in [5.74, 6) is 0.834. The molecular formula is C10H19NO. The fraction of sp³-hybridized carbons (Fsp3) is 0.800. The predicted molar refractivity (Wildman–Crippen MR) is 51.0 cm³/mol. The molecule has 0 unspecified atom stereocenters. The van der Waals surface area contributed by atoms with E-state index in [4.69, 9.17) is 4.74 Å². The highest BCUT2D eigenvalue weighted by molar-refractivity contribution is 4.86. The van der Waals surface area contributed by atoms with Gasteiger partial charge in [-0.15, -0.1) is 0 Å². The molecule has 0 heterocycles. The van der Waals surface area contributed by atoms with Crippen LogP contribution in [-0.2, 0) is 4.74 Å². The fourth-order valence-corrected chi connectivity index (χ4v) is 1.64. The second-order valence-electron chi connectivity index (χ2n) is 3.46. The molecule has 1 N–H and O–H groups in total. The molecule has 0 aromatic rings. The van der Waals surface area contributed by atoms with Crippen LogP contribution in [0, 0.1) is 0 Å². The first-order valence-corrected chi connectivity index (χ1v) is 4.78. The van der Waals surface area contributed by atoms with Crippen molar-refractivity contribution < 1.29 is 4.74 Å². The highest BCUT2D eigenvalue weighted by Gasteiger charge is 2.12. The monoisotopic (exact) mass is 169 g/mol. The largest absolute Gasteiger partial charge is 0.500 e. The second-order valence-corrected chi connectivity index (χ2v) is 3.46.